The number of nitrogens with two attached hydrogens (primary N) is 1. The summed E-state index contributed by atoms with van der Waals surface area (Å²) in [4.78, 5) is 24.9. The number of morpholine rings is 1. The number of nitrogens with zero attached hydrogens (tertiary/aromatic N) is 1. The molecule has 5 nitrogen and oxygen atoms in total. The maximum absolute atomic E-state index is 12.1. The minimum absolute atomic E-state index is 0.0819. The lowest BCUT2D eigenvalue weighted by molar-refractivity contribution is -0.145. The number of carbonyl (C=O) groups excluding carboxylic acids is 2. The van der Waals surface area contributed by atoms with Gasteiger partial charge in [0.05, 0.1) is 13.2 Å². The molecule has 0 radical (unpaired) electrons. The normalized spacial score (nSPS) is 18.2. The second-order valence-corrected chi connectivity index (χ2v) is 5.79. The molecule has 1 aliphatic rings. The highest BCUT2D eigenvalue weighted by atomic mass is 16.5. The van der Waals surface area contributed by atoms with Crippen molar-refractivity contribution in [3.63, 3.8) is 0 Å². The van der Waals surface area contributed by atoms with Gasteiger partial charge in [0.1, 0.15) is 0 Å². The molecular weight excluding hydrogens is 280 g/mol. The van der Waals surface area contributed by atoms with E-state index in [2.05, 4.69) is 31.2 Å². The second kappa shape index (κ2) is 7.94. The highest BCUT2D eigenvalue weighted by Crippen LogP contribution is 2.11. The number of aryl methyl sites for hydroxylation is 2. The molecule has 2 amide bonds. The molecular formula is C17H24N2O3. The smallest absolute Gasteiger partial charge is 0.248 e. The lowest BCUT2D eigenvalue weighted by atomic mass is 10.1. The number of unbranched alkanes of at least 4 members (excludes halogenated alkanes) is 1. The number of benzene rings is 1. The molecule has 0 spiro atoms. The van der Waals surface area contributed by atoms with Gasteiger partial charge in [-0.25, -0.2) is 0 Å². The van der Waals surface area contributed by atoms with Crippen molar-refractivity contribution in [2.45, 2.75) is 38.7 Å². The highest BCUT2D eigenvalue weighted by molar-refractivity contribution is 5.81. The summed E-state index contributed by atoms with van der Waals surface area (Å²) in [5.41, 5.74) is 7.79. The van der Waals surface area contributed by atoms with Crippen LogP contribution in [0.25, 0.3) is 0 Å². The van der Waals surface area contributed by atoms with Crippen LogP contribution in [0.1, 0.15) is 30.4 Å². The van der Waals surface area contributed by atoms with Crippen molar-refractivity contribution in [3.8, 4) is 0 Å². The third kappa shape index (κ3) is 4.84. The van der Waals surface area contributed by atoms with Gasteiger partial charge in [0, 0.05) is 13.0 Å². The third-order valence-electron chi connectivity index (χ3n) is 3.96. The third-order valence-corrected chi connectivity index (χ3v) is 3.96. The van der Waals surface area contributed by atoms with E-state index in [1.54, 1.807) is 4.90 Å². The molecule has 1 aromatic rings. The van der Waals surface area contributed by atoms with Gasteiger partial charge in [-0.2, -0.15) is 0 Å². The lowest BCUT2D eigenvalue weighted by Crippen LogP contribution is -2.50. The molecule has 1 atom stereocenters. The molecule has 1 aliphatic heterocycles. The molecule has 2 rings (SSSR count). The molecule has 1 saturated heterocycles. The molecule has 120 valence electrons. The maximum Gasteiger partial charge on any atom is 0.248 e. The number of carbonyl (C=O) groups is 2. The van der Waals surface area contributed by atoms with Gasteiger partial charge in [-0.1, -0.05) is 29.8 Å². The first-order chi connectivity index (χ1) is 10.6. The van der Waals surface area contributed by atoms with Crippen LogP contribution < -0.4 is 5.73 Å². The molecule has 2 N–H and O–H groups in total. The van der Waals surface area contributed by atoms with Crippen LogP contribution in [-0.2, 0) is 20.7 Å². The van der Waals surface area contributed by atoms with Gasteiger partial charge in [-0.15, -0.1) is 0 Å². The summed E-state index contributed by atoms with van der Waals surface area (Å²) in [6.07, 6.45) is 2.67. The molecule has 5 heteroatoms. The molecule has 0 aromatic heterocycles. The largest absolute Gasteiger partial charge is 0.367 e. The van der Waals surface area contributed by atoms with Gasteiger partial charge in [-0.05, 0) is 31.7 Å². The minimum atomic E-state index is -0.662. The fourth-order valence-electron chi connectivity index (χ4n) is 2.57. The average molecular weight is 304 g/mol. The van der Waals surface area contributed by atoms with Crippen LogP contribution in [0.2, 0.25) is 0 Å². The molecule has 1 aromatic carbocycles. The zero-order valence-electron chi connectivity index (χ0n) is 13.1. The molecule has 22 heavy (non-hydrogen) atoms. The van der Waals surface area contributed by atoms with E-state index in [1.807, 2.05) is 0 Å². The zero-order valence-corrected chi connectivity index (χ0v) is 13.1. The molecule has 1 heterocycles. The topological polar surface area (TPSA) is 72.6 Å². The predicted octanol–water partition coefficient (Wildman–Crippen LogP) is 1.42. The van der Waals surface area contributed by atoms with Crippen molar-refractivity contribution < 1.29 is 14.3 Å². The van der Waals surface area contributed by atoms with E-state index in [1.165, 1.54) is 11.1 Å². The Balaban J connectivity index is 1.69. The Morgan fingerprint density at radius 3 is 2.68 bits per heavy atom. The Hall–Kier alpha value is -1.88. The summed E-state index contributed by atoms with van der Waals surface area (Å²) >= 11 is 0. The van der Waals surface area contributed by atoms with Gasteiger partial charge in [0.15, 0.2) is 6.10 Å². The van der Waals surface area contributed by atoms with Gasteiger partial charge < -0.3 is 15.4 Å². The van der Waals surface area contributed by atoms with Crippen LogP contribution >= 0.6 is 0 Å². The second-order valence-electron chi connectivity index (χ2n) is 5.79. The van der Waals surface area contributed by atoms with Crippen molar-refractivity contribution in [2.75, 3.05) is 19.7 Å². The average Bonchev–Trinajstić information content (AvgIpc) is 2.53. The fraction of sp³-hybridized carbons (Fsp3) is 0.529. The first kappa shape index (κ1) is 16.5. The Morgan fingerprint density at radius 2 is 2.00 bits per heavy atom. The van der Waals surface area contributed by atoms with Gasteiger partial charge in [0.25, 0.3) is 0 Å². The Labute approximate surface area is 131 Å². The van der Waals surface area contributed by atoms with Crippen LogP contribution in [-0.4, -0.2) is 42.5 Å². The monoisotopic (exact) mass is 304 g/mol. The molecule has 1 unspecified atom stereocenters. The number of primary amides is 1. The Bertz CT molecular complexity index is 513. The summed E-state index contributed by atoms with van der Waals surface area (Å²) < 4.78 is 5.24. The van der Waals surface area contributed by atoms with Crippen LogP contribution in [0.5, 0.6) is 0 Å². The summed E-state index contributed by atoms with van der Waals surface area (Å²) in [5, 5.41) is 0. The molecule has 0 aliphatic carbocycles. The van der Waals surface area contributed by atoms with Gasteiger partial charge >= 0.3 is 0 Å². The van der Waals surface area contributed by atoms with Crippen molar-refractivity contribution >= 4 is 11.8 Å². The van der Waals surface area contributed by atoms with E-state index in [0.717, 1.165) is 19.3 Å². The predicted molar refractivity (Wildman–Crippen MR) is 84.2 cm³/mol. The number of hydrogen-bond donors (Lipinski definition) is 1. The van der Waals surface area contributed by atoms with Crippen molar-refractivity contribution in [1.82, 2.24) is 4.90 Å². The first-order valence-electron chi connectivity index (χ1n) is 7.80. The molecule has 0 saturated carbocycles. The van der Waals surface area contributed by atoms with Crippen LogP contribution in [0.15, 0.2) is 24.3 Å². The quantitative estimate of drug-likeness (QED) is 0.808. The molecule has 1 fully saturated rings. The first-order valence-corrected chi connectivity index (χ1v) is 7.80. The lowest BCUT2D eigenvalue weighted by Gasteiger charge is -2.31. The van der Waals surface area contributed by atoms with E-state index < -0.39 is 12.0 Å². The maximum atomic E-state index is 12.1. The van der Waals surface area contributed by atoms with Crippen LogP contribution in [0.3, 0.4) is 0 Å². The Morgan fingerprint density at radius 1 is 1.27 bits per heavy atom. The van der Waals surface area contributed by atoms with E-state index in [9.17, 15) is 9.59 Å². The number of amides is 2. The van der Waals surface area contributed by atoms with E-state index in [4.69, 9.17) is 10.5 Å². The summed E-state index contributed by atoms with van der Waals surface area (Å²) in [6.45, 7) is 3.28. The van der Waals surface area contributed by atoms with E-state index in [-0.39, 0.29) is 12.5 Å². The highest BCUT2D eigenvalue weighted by Gasteiger charge is 2.27. The minimum Gasteiger partial charge on any atom is -0.367 e. The summed E-state index contributed by atoms with van der Waals surface area (Å²) in [6, 6.07) is 8.49. The van der Waals surface area contributed by atoms with Crippen molar-refractivity contribution in [2.24, 2.45) is 5.73 Å². The van der Waals surface area contributed by atoms with Crippen molar-refractivity contribution in [3.05, 3.63) is 35.4 Å². The zero-order chi connectivity index (χ0) is 15.9. The van der Waals surface area contributed by atoms with Gasteiger partial charge in [0.2, 0.25) is 11.8 Å². The Kier molecular flexibility index (Phi) is 5.95. The number of ether oxygens (including phenoxy) is 1. The molecule has 0 bridgehead atoms. The van der Waals surface area contributed by atoms with Crippen LogP contribution in [0, 0.1) is 6.92 Å². The summed E-state index contributed by atoms with van der Waals surface area (Å²) in [7, 11) is 0. The number of hydrogen-bond acceptors (Lipinski definition) is 3. The van der Waals surface area contributed by atoms with Crippen molar-refractivity contribution in [1.29, 1.82) is 0 Å². The summed E-state index contributed by atoms with van der Waals surface area (Å²) in [5.74, 6) is -0.421. The van der Waals surface area contributed by atoms with Crippen LogP contribution in [0.4, 0.5) is 0 Å². The fourth-order valence-corrected chi connectivity index (χ4v) is 2.57. The van der Waals surface area contributed by atoms with E-state index in [0.29, 0.717) is 19.6 Å². The standard InChI is InChI=1S/C17H24N2O3/c1-13-6-8-14(9-7-13)4-2-3-5-16(20)19-10-11-22-15(12-19)17(18)21/h6-9,15H,2-5,10-12H2,1H3,(H2,18,21). The van der Waals surface area contributed by atoms with Gasteiger partial charge in [-0.3, -0.25) is 9.59 Å². The van der Waals surface area contributed by atoms with E-state index >= 15 is 0 Å². The number of rotatable bonds is 6. The SMILES string of the molecule is Cc1ccc(CCCCC(=O)N2CCOC(C(N)=O)C2)cc1.